The fraction of sp³-hybridized carbons (Fsp3) is 0.692. The van der Waals surface area contributed by atoms with Crippen LogP contribution in [0.5, 0.6) is 0 Å². The highest BCUT2D eigenvalue weighted by atomic mass is 19.4. The average molecular weight is 286 g/mol. The molecule has 1 heterocycles. The summed E-state index contributed by atoms with van der Waals surface area (Å²) in [6, 6.07) is 0.533. The van der Waals surface area contributed by atoms with Gasteiger partial charge in [0.25, 0.3) is 0 Å². The Hall–Kier alpha value is -1.37. The molecule has 2 saturated carbocycles. The van der Waals surface area contributed by atoms with Crippen molar-refractivity contribution in [2.24, 2.45) is 0 Å². The Balaban J connectivity index is 1.64. The summed E-state index contributed by atoms with van der Waals surface area (Å²) >= 11 is 0. The number of nitrogens with zero attached hydrogens (tertiary/aromatic N) is 3. The first kappa shape index (κ1) is 13.6. The molecule has 0 bridgehead atoms. The van der Waals surface area contributed by atoms with E-state index in [2.05, 4.69) is 15.3 Å². The van der Waals surface area contributed by atoms with E-state index in [1.54, 1.807) is 6.20 Å². The molecular formula is C13H17F3N4. The molecule has 1 aromatic rings. The second-order valence-electron chi connectivity index (χ2n) is 5.50. The zero-order valence-corrected chi connectivity index (χ0v) is 11.0. The summed E-state index contributed by atoms with van der Waals surface area (Å²) in [5.74, 6) is 0.319. The van der Waals surface area contributed by atoms with Crippen molar-refractivity contribution >= 4 is 5.82 Å². The molecule has 1 aromatic heterocycles. The van der Waals surface area contributed by atoms with Gasteiger partial charge in [-0.2, -0.15) is 13.2 Å². The highest BCUT2D eigenvalue weighted by Gasteiger charge is 2.38. The molecule has 0 atom stereocenters. The molecule has 2 fully saturated rings. The summed E-state index contributed by atoms with van der Waals surface area (Å²) < 4.78 is 37.7. The number of anilines is 1. The Bertz CT molecular complexity index is 452. The number of hydrogen-bond acceptors (Lipinski definition) is 4. The van der Waals surface area contributed by atoms with Crippen molar-refractivity contribution in [3.63, 3.8) is 0 Å². The van der Waals surface area contributed by atoms with Gasteiger partial charge < -0.3 is 10.2 Å². The molecule has 0 unspecified atom stereocenters. The fourth-order valence-corrected chi connectivity index (χ4v) is 2.10. The average Bonchev–Trinajstić information content (AvgIpc) is 3.27. The van der Waals surface area contributed by atoms with Crippen LogP contribution in [0.1, 0.15) is 31.4 Å². The SMILES string of the molecule is FC(F)(F)CN(c1cnc(CNC2CC2)cn1)C1CC1. The number of alkyl halides is 3. The van der Waals surface area contributed by atoms with Crippen LogP contribution in [0, 0.1) is 0 Å². The van der Waals surface area contributed by atoms with Crippen molar-refractivity contribution in [1.82, 2.24) is 15.3 Å². The highest BCUT2D eigenvalue weighted by molar-refractivity contribution is 5.39. The van der Waals surface area contributed by atoms with Gasteiger partial charge in [-0.15, -0.1) is 0 Å². The zero-order valence-electron chi connectivity index (χ0n) is 11.0. The Morgan fingerprint density at radius 2 is 1.90 bits per heavy atom. The molecule has 2 aliphatic carbocycles. The minimum absolute atomic E-state index is 0.0404. The lowest BCUT2D eigenvalue weighted by Crippen LogP contribution is -2.36. The first-order chi connectivity index (χ1) is 9.51. The van der Waals surface area contributed by atoms with Gasteiger partial charge in [-0.25, -0.2) is 4.98 Å². The number of nitrogens with one attached hydrogen (secondary N) is 1. The maximum Gasteiger partial charge on any atom is 0.405 e. The van der Waals surface area contributed by atoms with E-state index in [0.29, 0.717) is 18.4 Å². The quantitative estimate of drug-likeness (QED) is 0.871. The van der Waals surface area contributed by atoms with Crippen LogP contribution in [0.15, 0.2) is 12.4 Å². The number of aromatic nitrogens is 2. The predicted molar refractivity (Wildman–Crippen MR) is 68.3 cm³/mol. The second kappa shape index (κ2) is 5.20. The smallest absolute Gasteiger partial charge is 0.343 e. The molecule has 0 radical (unpaired) electrons. The minimum atomic E-state index is -4.21. The Kier molecular flexibility index (Phi) is 3.54. The van der Waals surface area contributed by atoms with Gasteiger partial charge in [-0.3, -0.25) is 4.98 Å². The predicted octanol–water partition coefficient (Wildman–Crippen LogP) is 2.26. The fourth-order valence-electron chi connectivity index (χ4n) is 2.10. The van der Waals surface area contributed by atoms with Crippen LogP contribution in [0.3, 0.4) is 0 Å². The summed E-state index contributed by atoms with van der Waals surface area (Å²) in [5, 5.41) is 3.30. The maximum atomic E-state index is 12.6. The third-order valence-corrected chi connectivity index (χ3v) is 3.47. The number of hydrogen-bond donors (Lipinski definition) is 1. The van der Waals surface area contributed by atoms with Crippen LogP contribution in [-0.4, -0.2) is 34.8 Å². The maximum absolute atomic E-state index is 12.6. The highest BCUT2D eigenvalue weighted by Crippen LogP contribution is 2.33. The Morgan fingerprint density at radius 3 is 2.40 bits per heavy atom. The van der Waals surface area contributed by atoms with Crippen LogP contribution in [0.25, 0.3) is 0 Å². The third kappa shape index (κ3) is 3.82. The molecule has 1 N–H and O–H groups in total. The number of rotatable bonds is 6. The largest absolute Gasteiger partial charge is 0.405 e. The van der Waals surface area contributed by atoms with E-state index in [-0.39, 0.29) is 6.04 Å². The van der Waals surface area contributed by atoms with Crippen LogP contribution >= 0.6 is 0 Å². The van der Waals surface area contributed by atoms with E-state index >= 15 is 0 Å². The number of halogens is 3. The first-order valence-corrected chi connectivity index (χ1v) is 6.89. The van der Waals surface area contributed by atoms with Gasteiger partial charge in [-0.1, -0.05) is 0 Å². The van der Waals surface area contributed by atoms with Crippen molar-refractivity contribution in [3.8, 4) is 0 Å². The summed E-state index contributed by atoms with van der Waals surface area (Å²) in [5.41, 5.74) is 0.767. The molecule has 0 aromatic carbocycles. The summed E-state index contributed by atoms with van der Waals surface area (Å²) in [6.07, 6.45) is 2.77. The van der Waals surface area contributed by atoms with E-state index < -0.39 is 12.7 Å². The van der Waals surface area contributed by atoms with E-state index in [9.17, 15) is 13.2 Å². The van der Waals surface area contributed by atoms with Crippen LogP contribution < -0.4 is 10.2 Å². The van der Waals surface area contributed by atoms with Gasteiger partial charge in [0.1, 0.15) is 12.4 Å². The molecule has 110 valence electrons. The lowest BCUT2D eigenvalue weighted by atomic mass is 10.4. The van der Waals surface area contributed by atoms with Crippen molar-refractivity contribution in [2.75, 3.05) is 11.4 Å². The van der Waals surface area contributed by atoms with Crippen molar-refractivity contribution < 1.29 is 13.2 Å². The van der Waals surface area contributed by atoms with E-state index in [0.717, 1.165) is 18.5 Å². The van der Waals surface area contributed by atoms with Crippen LogP contribution in [0.4, 0.5) is 19.0 Å². The monoisotopic (exact) mass is 286 g/mol. The van der Waals surface area contributed by atoms with Crippen molar-refractivity contribution in [3.05, 3.63) is 18.1 Å². The summed E-state index contributed by atoms with van der Waals surface area (Å²) in [7, 11) is 0. The Labute approximate surface area is 115 Å². The van der Waals surface area contributed by atoms with Gasteiger partial charge >= 0.3 is 6.18 Å². The first-order valence-electron chi connectivity index (χ1n) is 6.89. The van der Waals surface area contributed by atoms with Crippen molar-refractivity contribution in [1.29, 1.82) is 0 Å². The lowest BCUT2D eigenvalue weighted by Gasteiger charge is -2.24. The summed E-state index contributed by atoms with van der Waals surface area (Å²) in [6.45, 7) is -0.327. The Morgan fingerprint density at radius 1 is 1.15 bits per heavy atom. The van der Waals surface area contributed by atoms with E-state index in [4.69, 9.17) is 0 Å². The third-order valence-electron chi connectivity index (χ3n) is 3.47. The van der Waals surface area contributed by atoms with Gasteiger partial charge in [0.15, 0.2) is 0 Å². The van der Waals surface area contributed by atoms with Crippen molar-refractivity contribution in [2.45, 2.75) is 50.5 Å². The summed E-state index contributed by atoms with van der Waals surface area (Å²) in [4.78, 5) is 9.66. The molecule has 3 rings (SSSR count). The van der Waals surface area contributed by atoms with Gasteiger partial charge in [0.05, 0.1) is 18.1 Å². The van der Waals surface area contributed by atoms with Gasteiger partial charge in [0, 0.05) is 18.6 Å². The molecular weight excluding hydrogens is 269 g/mol. The van der Waals surface area contributed by atoms with Crippen LogP contribution in [-0.2, 0) is 6.54 Å². The molecule has 0 saturated heterocycles. The normalized spacial score (nSPS) is 19.1. The molecule has 0 amide bonds. The van der Waals surface area contributed by atoms with Gasteiger partial charge in [0.2, 0.25) is 0 Å². The minimum Gasteiger partial charge on any atom is -0.343 e. The van der Waals surface area contributed by atoms with Crippen LogP contribution in [0.2, 0.25) is 0 Å². The van der Waals surface area contributed by atoms with E-state index in [1.807, 2.05) is 0 Å². The standard InChI is InChI=1S/C13H17F3N4/c14-13(15,16)8-20(11-3-4-11)12-7-18-10(6-19-12)5-17-9-1-2-9/h6-7,9,11,17H,1-5,8H2. The molecule has 0 aliphatic heterocycles. The lowest BCUT2D eigenvalue weighted by molar-refractivity contribution is -0.120. The van der Waals surface area contributed by atoms with Gasteiger partial charge in [-0.05, 0) is 25.7 Å². The molecule has 4 nitrogen and oxygen atoms in total. The topological polar surface area (TPSA) is 41.1 Å². The second-order valence-corrected chi connectivity index (χ2v) is 5.50. The molecule has 20 heavy (non-hydrogen) atoms. The molecule has 7 heteroatoms. The zero-order chi connectivity index (χ0) is 14.2. The molecule has 0 spiro atoms. The molecule has 2 aliphatic rings. The van der Waals surface area contributed by atoms with E-state index in [1.165, 1.54) is 23.9 Å².